The average molecular weight is 301 g/mol. The van der Waals surface area contributed by atoms with Crippen LogP contribution >= 0.6 is 11.6 Å². The van der Waals surface area contributed by atoms with Crippen molar-refractivity contribution >= 4 is 11.6 Å². The van der Waals surface area contributed by atoms with E-state index in [1.54, 1.807) is 19.2 Å². The van der Waals surface area contributed by atoms with Gasteiger partial charge in [0.05, 0.1) is 17.3 Å². The van der Waals surface area contributed by atoms with Crippen molar-refractivity contribution in [2.75, 3.05) is 7.05 Å². The third-order valence-electron chi connectivity index (χ3n) is 2.91. The number of aromatic nitrogens is 1. The largest absolute Gasteiger partial charge is 0.417 e. The molecule has 0 fully saturated rings. The standard InChI is InChI=1S/C14H12ClF3N2/c1-19-13(10-4-2-3-5-11(10)15)12-7-6-9(8-20-12)14(16,17)18/h2-8,13,19H,1H3. The van der Waals surface area contributed by atoms with Gasteiger partial charge in [-0.05, 0) is 30.8 Å². The molecule has 2 nitrogen and oxygen atoms in total. The lowest BCUT2D eigenvalue weighted by Gasteiger charge is -2.18. The van der Waals surface area contributed by atoms with Crippen molar-refractivity contribution in [1.29, 1.82) is 0 Å². The van der Waals surface area contributed by atoms with E-state index in [1.165, 1.54) is 6.07 Å². The fraction of sp³-hybridized carbons (Fsp3) is 0.214. The molecule has 0 amide bonds. The minimum absolute atomic E-state index is 0.356. The van der Waals surface area contributed by atoms with Crippen LogP contribution in [0.3, 0.4) is 0 Å². The highest BCUT2D eigenvalue weighted by molar-refractivity contribution is 6.31. The van der Waals surface area contributed by atoms with Crippen LogP contribution in [0.25, 0.3) is 0 Å². The highest BCUT2D eigenvalue weighted by Gasteiger charge is 2.31. The summed E-state index contributed by atoms with van der Waals surface area (Å²) in [5.74, 6) is 0. The van der Waals surface area contributed by atoms with Gasteiger partial charge in [-0.25, -0.2) is 0 Å². The summed E-state index contributed by atoms with van der Waals surface area (Å²) in [6.07, 6.45) is -3.55. The van der Waals surface area contributed by atoms with E-state index in [-0.39, 0.29) is 6.04 Å². The molecular formula is C14H12ClF3N2. The van der Waals surface area contributed by atoms with Crippen molar-refractivity contribution in [1.82, 2.24) is 10.3 Å². The van der Waals surface area contributed by atoms with Gasteiger partial charge in [0.2, 0.25) is 0 Å². The van der Waals surface area contributed by atoms with Crippen LogP contribution < -0.4 is 5.32 Å². The maximum Gasteiger partial charge on any atom is 0.417 e. The van der Waals surface area contributed by atoms with Crippen LogP contribution in [-0.2, 0) is 6.18 Å². The Kier molecular flexibility index (Phi) is 4.30. The summed E-state index contributed by atoms with van der Waals surface area (Å²) < 4.78 is 37.5. The maximum atomic E-state index is 12.5. The Bertz CT molecular complexity index is 582. The lowest BCUT2D eigenvalue weighted by atomic mass is 10.0. The van der Waals surface area contributed by atoms with Crippen LogP contribution in [-0.4, -0.2) is 12.0 Å². The molecule has 1 atom stereocenters. The van der Waals surface area contributed by atoms with Crippen molar-refractivity contribution in [3.8, 4) is 0 Å². The van der Waals surface area contributed by atoms with Crippen LogP contribution in [0.2, 0.25) is 5.02 Å². The second kappa shape index (κ2) is 5.81. The number of nitrogens with one attached hydrogen (secondary N) is 1. The van der Waals surface area contributed by atoms with Gasteiger partial charge in [0.1, 0.15) is 0 Å². The van der Waals surface area contributed by atoms with Gasteiger partial charge in [0.15, 0.2) is 0 Å². The van der Waals surface area contributed by atoms with Crippen molar-refractivity contribution in [2.45, 2.75) is 12.2 Å². The van der Waals surface area contributed by atoms with Gasteiger partial charge >= 0.3 is 6.18 Å². The molecule has 1 unspecified atom stereocenters. The molecule has 20 heavy (non-hydrogen) atoms. The van der Waals surface area contributed by atoms with Gasteiger partial charge in [0.25, 0.3) is 0 Å². The number of benzene rings is 1. The molecule has 1 N–H and O–H groups in total. The Morgan fingerprint density at radius 3 is 2.35 bits per heavy atom. The first-order chi connectivity index (χ1) is 9.43. The quantitative estimate of drug-likeness (QED) is 0.924. The van der Waals surface area contributed by atoms with Crippen molar-refractivity contribution in [3.63, 3.8) is 0 Å². The van der Waals surface area contributed by atoms with Crippen LogP contribution in [0, 0.1) is 0 Å². The number of alkyl halides is 3. The summed E-state index contributed by atoms with van der Waals surface area (Å²) in [6.45, 7) is 0. The van der Waals surface area contributed by atoms with E-state index in [1.807, 2.05) is 12.1 Å². The Morgan fingerprint density at radius 2 is 1.85 bits per heavy atom. The zero-order valence-electron chi connectivity index (χ0n) is 10.6. The molecule has 1 heterocycles. The summed E-state index contributed by atoms with van der Waals surface area (Å²) in [7, 11) is 1.70. The predicted molar refractivity (Wildman–Crippen MR) is 71.6 cm³/mol. The molecule has 1 aromatic carbocycles. The van der Waals surface area contributed by atoms with Gasteiger partial charge in [-0.1, -0.05) is 29.8 Å². The summed E-state index contributed by atoms with van der Waals surface area (Å²) in [6, 6.07) is 9.16. The molecule has 0 bridgehead atoms. The molecule has 106 valence electrons. The fourth-order valence-corrected chi connectivity index (χ4v) is 2.16. The Labute approximate surface area is 119 Å². The molecular weight excluding hydrogens is 289 g/mol. The fourth-order valence-electron chi connectivity index (χ4n) is 1.92. The molecule has 0 aliphatic carbocycles. The summed E-state index contributed by atoms with van der Waals surface area (Å²) in [4.78, 5) is 3.89. The van der Waals surface area contributed by atoms with Crippen molar-refractivity contribution < 1.29 is 13.2 Å². The van der Waals surface area contributed by atoms with E-state index in [2.05, 4.69) is 10.3 Å². The number of halogens is 4. The molecule has 1 aromatic heterocycles. The van der Waals surface area contributed by atoms with Gasteiger partial charge in [-0.3, -0.25) is 4.98 Å². The highest BCUT2D eigenvalue weighted by atomic mass is 35.5. The summed E-state index contributed by atoms with van der Waals surface area (Å²) in [5.41, 5.74) is 0.479. The Morgan fingerprint density at radius 1 is 1.15 bits per heavy atom. The number of hydrogen-bond acceptors (Lipinski definition) is 2. The van der Waals surface area contributed by atoms with Crippen molar-refractivity contribution in [2.24, 2.45) is 0 Å². The monoisotopic (exact) mass is 300 g/mol. The number of hydrogen-bond donors (Lipinski definition) is 1. The van der Waals surface area contributed by atoms with Crippen LogP contribution in [0.5, 0.6) is 0 Å². The minimum atomic E-state index is -4.38. The van der Waals surface area contributed by atoms with Gasteiger partial charge < -0.3 is 5.32 Å². The van der Waals surface area contributed by atoms with Crippen LogP contribution in [0.1, 0.15) is 22.9 Å². The normalized spacial score (nSPS) is 13.2. The minimum Gasteiger partial charge on any atom is -0.308 e. The van der Waals surface area contributed by atoms with E-state index in [4.69, 9.17) is 11.6 Å². The highest BCUT2D eigenvalue weighted by Crippen LogP contribution is 2.31. The lowest BCUT2D eigenvalue weighted by Crippen LogP contribution is -2.19. The first-order valence-corrected chi connectivity index (χ1v) is 6.26. The van der Waals surface area contributed by atoms with Gasteiger partial charge in [0, 0.05) is 11.2 Å². The average Bonchev–Trinajstić information content (AvgIpc) is 2.41. The Hall–Kier alpha value is -1.59. The Balaban J connectivity index is 2.36. The number of pyridine rings is 1. The van der Waals surface area contributed by atoms with E-state index in [0.29, 0.717) is 10.7 Å². The molecule has 2 aromatic rings. The number of rotatable bonds is 3. The zero-order chi connectivity index (χ0) is 14.8. The molecule has 2 rings (SSSR count). The van der Waals surface area contributed by atoms with E-state index in [9.17, 15) is 13.2 Å². The molecule has 0 spiro atoms. The third-order valence-corrected chi connectivity index (χ3v) is 3.26. The first-order valence-electron chi connectivity index (χ1n) is 5.88. The lowest BCUT2D eigenvalue weighted by molar-refractivity contribution is -0.137. The van der Waals surface area contributed by atoms with Crippen LogP contribution in [0.15, 0.2) is 42.6 Å². The second-order valence-electron chi connectivity index (χ2n) is 4.21. The molecule has 0 aliphatic rings. The zero-order valence-corrected chi connectivity index (χ0v) is 11.3. The first kappa shape index (κ1) is 14.8. The van der Waals surface area contributed by atoms with Crippen molar-refractivity contribution in [3.05, 3.63) is 64.4 Å². The maximum absolute atomic E-state index is 12.5. The second-order valence-corrected chi connectivity index (χ2v) is 4.62. The van der Waals surface area contributed by atoms with Gasteiger partial charge in [-0.2, -0.15) is 13.2 Å². The molecule has 0 radical (unpaired) electrons. The van der Waals surface area contributed by atoms with E-state index in [0.717, 1.165) is 17.8 Å². The molecule has 0 saturated heterocycles. The molecule has 6 heteroatoms. The summed E-state index contributed by atoms with van der Waals surface area (Å²) in [5, 5.41) is 3.54. The topological polar surface area (TPSA) is 24.9 Å². The summed E-state index contributed by atoms with van der Waals surface area (Å²) >= 11 is 6.10. The van der Waals surface area contributed by atoms with Crippen LogP contribution in [0.4, 0.5) is 13.2 Å². The van der Waals surface area contributed by atoms with E-state index < -0.39 is 11.7 Å². The number of nitrogens with zero attached hydrogens (tertiary/aromatic N) is 1. The smallest absolute Gasteiger partial charge is 0.308 e. The predicted octanol–water partition coefficient (Wildman–Crippen LogP) is 4.06. The van der Waals surface area contributed by atoms with E-state index >= 15 is 0 Å². The molecule has 0 aliphatic heterocycles. The third kappa shape index (κ3) is 3.11. The molecule has 0 saturated carbocycles. The van der Waals surface area contributed by atoms with Gasteiger partial charge in [-0.15, -0.1) is 0 Å². The SMILES string of the molecule is CNC(c1ccc(C(F)(F)F)cn1)c1ccccc1Cl.